The first kappa shape index (κ1) is 28.9. The predicted molar refractivity (Wildman–Crippen MR) is 125 cm³/mol. The number of alkyl halides is 3. The average molecular weight is 650 g/mol. The van der Waals surface area contributed by atoms with Gasteiger partial charge in [0.05, 0.1) is 11.6 Å². The number of rotatable bonds is 0. The first-order chi connectivity index (χ1) is 14.4. The number of benzene rings is 3. The monoisotopic (exact) mass is 648 g/mol. The van der Waals surface area contributed by atoms with Gasteiger partial charge < -0.3 is 16.8 Å². The molecule has 31 heavy (non-hydrogen) atoms. The maximum atomic E-state index is 8.65. The number of nitriles is 1. The van der Waals surface area contributed by atoms with Crippen molar-refractivity contribution in [2.75, 3.05) is 0 Å². The molecule has 3 aromatic carbocycles. The van der Waals surface area contributed by atoms with E-state index in [1.165, 1.54) is 10.8 Å². The summed E-state index contributed by atoms with van der Waals surface area (Å²) in [5.74, 6) is 0. The van der Waals surface area contributed by atoms with E-state index in [2.05, 4.69) is 41.4 Å². The minimum absolute atomic E-state index is 0. The van der Waals surface area contributed by atoms with Crippen LogP contribution in [0.15, 0.2) is 66.9 Å². The van der Waals surface area contributed by atoms with Crippen LogP contribution >= 0.6 is 34.8 Å². The number of fused-ring (bicyclic) bond motifs is 3. The molecule has 0 bridgehead atoms. The normalized spacial score (nSPS) is 9.00. The topological polar surface area (TPSA) is 60.5 Å². The Bertz CT molecular complexity index is 1080. The van der Waals surface area contributed by atoms with Gasteiger partial charge in [0.1, 0.15) is 0 Å². The van der Waals surface area contributed by atoms with Gasteiger partial charge in [-0.3, -0.25) is 0 Å². The zero-order valence-corrected chi connectivity index (χ0v) is 21.3. The van der Waals surface area contributed by atoms with Crippen molar-refractivity contribution in [3.8, 4) is 6.07 Å². The quantitative estimate of drug-likeness (QED) is 0.113. The Labute approximate surface area is 212 Å². The summed E-state index contributed by atoms with van der Waals surface area (Å²) in [6.07, 6.45) is 1.82. The third-order valence-electron chi connectivity index (χ3n) is 4.00. The van der Waals surface area contributed by atoms with Crippen molar-refractivity contribution in [1.29, 1.82) is 10.5 Å². The van der Waals surface area contributed by atoms with Gasteiger partial charge in [-0.05, 0) is 41.9 Å². The summed E-state index contributed by atoms with van der Waals surface area (Å²) >= 11 is 14.4. The van der Waals surface area contributed by atoms with E-state index in [-0.39, 0.29) is 21.1 Å². The fourth-order valence-corrected chi connectivity index (χ4v) is 2.73. The number of hydrogen-bond acceptors (Lipinski definition) is 3. The first-order valence-corrected chi connectivity index (χ1v) is 10.00. The second kappa shape index (κ2) is 15.6. The number of nitrogens with zero attached hydrogens (tertiary/aromatic N) is 3. The minimum Gasteiger partial charge on any atom is -0.512 e. The molecular formula is C24H18Cl3N3Pt. The Kier molecular flexibility index (Phi) is 14.6. The largest absolute Gasteiger partial charge is 2.00 e. The van der Waals surface area contributed by atoms with Crippen LogP contribution < -0.4 is 0 Å². The summed E-state index contributed by atoms with van der Waals surface area (Å²) < 4.78 is -0.750. The van der Waals surface area contributed by atoms with Crippen molar-refractivity contribution in [1.82, 2.24) is 4.98 Å². The summed E-state index contributed by atoms with van der Waals surface area (Å²) in [7, 11) is 0. The molecule has 0 aliphatic rings. The van der Waals surface area contributed by atoms with Crippen LogP contribution in [-0.4, -0.2) is 9.28 Å². The summed E-state index contributed by atoms with van der Waals surface area (Å²) in [6.45, 7) is 8.65. The van der Waals surface area contributed by atoms with Gasteiger partial charge in [0.2, 0.25) is 0 Å². The number of hydrogen-bond donors (Lipinski definition) is 0. The van der Waals surface area contributed by atoms with E-state index in [4.69, 9.17) is 51.9 Å². The Morgan fingerprint density at radius 3 is 2.00 bits per heavy atom. The summed E-state index contributed by atoms with van der Waals surface area (Å²) in [6, 6.07) is 25.5. The van der Waals surface area contributed by atoms with Crippen molar-refractivity contribution < 1.29 is 21.1 Å². The van der Waals surface area contributed by atoms with E-state index in [9.17, 15) is 0 Å². The third kappa shape index (κ3) is 9.26. The molecule has 4 aromatic rings. The van der Waals surface area contributed by atoms with Gasteiger partial charge >= 0.3 is 21.1 Å². The maximum Gasteiger partial charge on any atom is 2.00 e. The number of pyridine rings is 1. The second-order valence-corrected chi connectivity index (χ2v) is 7.88. The molecule has 0 amide bonds. The first-order valence-electron chi connectivity index (χ1n) is 8.69. The number of aromatic nitrogens is 1. The van der Waals surface area contributed by atoms with E-state index < -0.39 is 4.30 Å². The van der Waals surface area contributed by atoms with Crippen molar-refractivity contribution in [3.63, 3.8) is 0 Å². The van der Waals surface area contributed by atoms with Crippen molar-refractivity contribution >= 4 is 56.5 Å². The fourth-order valence-electron chi connectivity index (χ4n) is 2.73. The molecule has 160 valence electrons. The molecule has 0 aliphatic heterocycles. The molecule has 0 N–H and O–H groups in total. The Hall–Kier alpha value is -2.13. The predicted octanol–water partition coefficient (Wildman–Crippen LogP) is 7.44. The molecule has 0 fully saturated rings. The molecular weight excluding hydrogens is 632 g/mol. The van der Waals surface area contributed by atoms with Crippen LogP contribution in [0.4, 0.5) is 0 Å². The minimum atomic E-state index is -0.750. The Morgan fingerprint density at radius 2 is 1.45 bits per heavy atom. The van der Waals surface area contributed by atoms with Crippen molar-refractivity contribution in [3.05, 3.63) is 96.2 Å². The molecule has 0 saturated carbocycles. The molecule has 0 saturated heterocycles. The zero-order chi connectivity index (χ0) is 22.5. The number of aryl methyl sites for hydroxylation is 2. The van der Waals surface area contributed by atoms with E-state index in [0.717, 1.165) is 27.6 Å². The molecule has 0 aliphatic carbocycles. The second-order valence-electron chi connectivity index (χ2n) is 5.90. The maximum absolute atomic E-state index is 8.65. The molecule has 4 rings (SSSR count). The van der Waals surface area contributed by atoms with E-state index in [0.29, 0.717) is 0 Å². The Morgan fingerprint density at radius 1 is 0.903 bits per heavy atom. The summed E-state index contributed by atoms with van der Waals surface area (Å²) in [5.41, 5.74) is 3.96. The Balaban J connectivity index is 0.000000469. The molecule has 7 heteroatoms. The summed E-state index contributed by atoms with van der Waals surface area (Å²) in [5, 5.41) is 18.4. The average Bonchev–Trinajstić information content (AvgIpc) is 2.75. The fraction of sp³-hybridized carbons (Fsp3) is 0.125. The van der Waals surface area contributed by atoms with E-state index in [1.54, 1.807) is 0 Å². The van der Waals surface area contributed by atoms with Crippen molar-refractivity contribution in [2.24, 2.45) is 0 Å². The van der Waals surface area contributed by atoms with Gasteiger partial charge in [-0.15, -0.1) is 35.0 Å². The number of halogens is 3. The van der Waals surface area contributed by atoms with Crippen LogP contribution in [0, 0.1) is 43.1 Å². The molecule has 0 atom stereocenters. The molecule has 0 spiro atoms. The van der Waals surface area contributed by atoms with Gasteiger partial charge in [-0.25, -0.2) is 0 Å². The molecule has 1 aromatic heterocycles. The van der Waals surface area contributed by atoms with Crippen LogP contribution in [0.1, 0.15) is 16.7 Å². The molecule has 0 radical (unpaired) electrons. The van der Waals surface area contributed by atoms with Crippen LogP contribution in [-0.2, 0) is 21.1 Å². The molecule has 1 heterocycles. The smallest absolute Gasteiger partial charge is 0.512 e. The van der Waals surface area contributed by atoms with Crippen LogP contribution in [0.2, 0.25) is 0 Å². The van der Waals surface area contributed by atoms with Gasteiger partial charge in [0.25, 0.3) is 0 Å². The molecule has 3 nitrogen and oxygen atoms in total. The van der Waals surface area contributed by atoms with E-state index in [1.807, 2.05) is 56.4 Å². The van der Waals surface area contributed by atoms with Crippen molar-refractivity contribution in [2.45, 2.75) is 18.1 Å². The van der Waals surface area contributed by atoms with Gasteiger partial charge in [-0.2, -0.15) is 5.26 Å². The van der Waals surface area contributed by atoms with Gasteiger partial charge in [-0.1, -0.05) is 71.2 Å². The molecule has 0 unspecified atom stereocenters. The van der Waals surface area contributed by atoms with Gasteiger partial charge in [0.15, 0.2) is 4.30 Å². The SMILES string of the molecule is Cc1cccc(C)c1C#N.ClC(Cl)Cl.[C-]#N.[Pt+2].[c-]1cccc2ccc3cccnc3c12. The van der Waals surface area contributed by atoms with Crippen LogP contribution in [0.3, 0.4) is 0 Å². The third-order valence-corrected chi connectivity index (χ3v) is 4.00. The van der Waals surface area contributed by atoms with E-state index >= 15 is 0 Å². The van der Waals surface area contributed by atoms with Crippen LogP contribution in [0.5, 0.6) is 0 Å². The summed E-state index contributed by atoms with van der Waals surface area (Å²) in [4.78, 5) is 4.38. The zero-order valence-electron chi connectivity index (χ0n) is 16.7. The van der Waals surface area contributed by atoms with Crippen LogP contribution in [0.25, 0.3) is 21.7 Å². The standard InChI is InChI=1S/C13H8N.C9H9N.CHCl3.CN.Pt/c1-2-6-12-10(4-1)7-8-11-5-3-9-14-13(11)12;1-7-4-3-5-8(2)9(7)6-10;2-1(3)4;1-2;/h1-5,7-9H;3-5H,1-2H3;1H;;/q-1;;;-1;+2. The van der Waals surface area contributed by atoms with Gasteiger partial charge in [0, 0.05) is 6.20 Å².